The predicted molar refractivity (Wildman–Crippen MR) is 119 cm³/mol. The summed E-state index contributed by atoms with van der Waals surface area (Å²) >= 11 is 0. The molecule has 1 aliphatic heterocycles. The third-order valence-corrected chi connectivity index (χ3v) is 5.51. The van der Waals surface area contributed by atoms with Crippen LogP contribution < -0.4 is 10.6 Å². The Morgan fingerprint density at radius 1 is 1.03 bits per heavy atom. The van der Waals surface area contributed by atoms with Crippen molar-refractivity contribution in [2.24, 2.45) is 4.99 Å². The second-order valence-electron chi connectivity index (χ2n) is 7.41. The Bertz CT molecular complexity index is 846. The normalized spacial score (nSPS) is 13.7. The first kappa shape index (κ1) is 20.9. The minimum atomic E-state index is 0.237. The Kier molecular flexibility index (Phi) is 7.68. The van der Waals surface area contributed by atoms with Gasteiger partial charge in [-0.05, 0) is 41.5 Å². The zero-order valence-electron chi connectivity index (χ0n) is 17.6. The van der Waals surface area contributed by atoms with Crippen LogP contribution in [0.2, 0.25) is 0 Å². The number of nitrogens with one attached hydrogen (secondary N) is 2. The van der Waals surface area contributed by atoms with E-state index in [1.54, 1.807) is 7.05 Å². The first-order valence-electron chi connectivity index (χ1n) is 10.6. The number of amides is 1. The van der Waals surface area contributed by atoms with E-state index in [0.717, 1.165) is 51.4 Å². The topological polar surface area (TPSA) is 56.7 Å². The highest BCUT2D eigenvalue weighted by molar-refractivity contribution is 5.80. The Balaban J connectivity index is 1.38. The van der Waals surface area contributed by atoms with Gasteiger partial charge < -0.3 is 15.5 Å². The third-order valence-electron chi connectivity index (χ3n) is 5.51. The summed E-state index contributed by atoms with van der Waals surface area (Å²) in [6, 6.07) is 16.9. The molecule has 0 spiro atoms. The highest BCUT2D eigenvalue weighted by atomic mass is 16.2. The van der Waals surface area contributed by atoms with Gasteiger partial charge in [0.25, 0.3) is 0 Å². The van der Waals surface area contributed by atoms with Crippen LogP contribution in [-0.2, 0) is 30.7 Å². The second kappa shape index (κ2) is 10.6. The smallest absolute Gasteiger partial charge is 0.222 e. The van der Waals surface area contributed by atoms with Gasteiger partial charge in [0, 0.05) is 39.6 Å². The highest BCUT2D eigenvalue weighted by Crippen LogP contribution is 2.19. The van der Waals surface area contributed by atoms with Crippen molar-refractivity contribution >= 4 is 11.9 Å². The van der Waals surface area contributed by atoms with Crippen LogP contribution in [0.15, 0.2) is 53.5 Å². The van der Waals surface area contributed by atoms with Gasteiger partial charge in [0.05, 0.1) is 0 Å². The molecular weight excluding hydrogens is 360 g/mol. The van der Waals surface area contributed by atoms with Crippen LogP contribution in [-0.4, -0.2) is 36.9 Å². The van der Waals surface area contributed by atoms with Crippen molar-refractivity contribution < 1.29 is 4.79 Å². The van der Waals surface area contributed by atoms with E-state index in [-0.39, 0.29) is 5.91 Å². The van der Waals surface area contributed by atoms with E-state index in [2.05, 4.69) is 65.0 Å². The number of benzene rings is 2. The molecule has 0 bridgehead atoms. The number of aliphatic imine (C=N–C) groups is 1. The summed E-state index contributed by atoms with van der Waals surface area (Å²) in [5.41, 5.74) is 5.29. The van der Waals surface area contributed by atoms with E-state index in [4.69, 9.17) is 0 Å². The molecule has 1 heterocycles. The Labute approximate surface area is 174 Å². The van der Waals surface area contributed by atoms with Gasteiger partial charge in [-0.15, -0.1) is 0 Å². The first-order valence-corrected chi connectivity index (χ1v) is 10.6. The summed E-state index contributed by atoms with van der Waals surface area (Å²) in [6.45, 7) is 5.21. The lowest BCUT2D eigenvalue weighted by Gasteiger charge is -2.29. The number of fused-ring (bicyclic) bond motifs is 1. The molecule has 0 aromatic heterocycles. The minimum absolute atomic E-state index is 0.237. The molecule has 2 aromatic carbocycles. The molecule has 0 radical (unpaired) electrons. The van der Waals surface area contributed by atoms with E-state index in [9.17, 15) is 4.79 Å². The van der Waals surface area contributed by atoms with Gasteiger partial charge >= 0.3 is 0 Å². The average Bonchev–Trinajstić information content (AvgIpc) is 2.78. The summed E-state index contributed by atoms with van der Waals surface area (Å²) in [6.07, 6.45) is 3.33. The number of guanidine groups is 1. The number of carbonyl (C=O) groups excluding carboxylic acids is 1. The van der Waals surface area contributed by atoms with Crippen LogP contribution in [0.25, 0.3) is 0 Å². The zero-order chi connectivity index (χ0) is 20.5. The van der Waals surface area contributed by atoms with Crippen LogP contribution in [0.5, 0.6) is 0 Å². The van der Waals surface area contributed by atoms with Crippen LogP contribution in [0.3, 0.4) is 0 Å². The Hall–Kier alpha value is -2.82. The summed E-state index contributed by atoms with van der Waals surface area (Å²) in [5, 5.41) is 6.69. The molecular formula is C24H32N4O. The molecule has 154 valence electrons. The quantitative estimate of drug-likeness (QED) is 0.432. The van der Waals surface area contributed by atoms with Crippen LogP contribution >= 0.6 is 0 Å². The molecule has 0 atom stereocenters. The fraction of sp³-hybridized carbons (Fsp3) is 0.417. The van der Waals surface area contributed by atoms with Gasteiger partial charge in [0.1, 0.15) is 0 Å². The molecule has 1 aliphatic rings. The molecule has 0 unspecified atom stereocenters. The predicted octanol–water partition coefficient (Wildman–Crippen LogP) is 3.28. The Morgan fingerprint density at radius 2 is 1.76 bits per heavy atom. The number of carbonyl (C=O) groups is 1. The lowest BCUT2D eigenvalue weighted by molar-refractivity contribution is -0.132. The molecule has 0 fully saturated rings. The number of aryl methyl sites for hydroxylation is 1. The van der Waals surface area contributed by atoms with Crippen molar-refractivity contribution in [1.29, 1.82) is 0 Å². The maximum atomic E-state index is 12.6. The number of rotatable bonds is 7. The molecule has 1 amide bonds. The Morgan fingerprint density at radius 3 is 2.52 bits per heavy atom. The number of hydrogen-bond donors (Lipinski definition) is 2. The first-order chi connectivity index (χ1) is 14.2. The molecule has 29 heavy (non-hydrogen) atoms. The van der Waals surface area contributed by atoms with E-state index in [1.165, 1.54) is 22.3 Å². The van der Waals surface area contributed by atoms with Gasteiger partial charge in [-0.25, -0.2) is 0 Å². The minimum Gasteiger partial charge on any atom is -0.356 e. The largest absolute Gasteiger partial charge is 0.356 e. The monoisotopic (exact) mass is 392 g/mol. The van der Waals surface area contributed by atoms with Crippen LogP contribution in [0, 0.1) is 0 Å². The second-order valence-corrected chi connectivity index (χ2v) is 7.41. The standard InChI is InChI=1S/C24H32N4O/c1-3-19-9-4-6-11-21(19)17-27-24(25-2)26-15-8-13-23(29)28-16-14-20-10-5-7-12-22(20)18-28/h4-7,9-12H,3,8,13-18H2,1-2H3,(H2,25,26,27). The van der Waals surface area contributed by atoms with Gasteiger partial charge in [0.15, 0.2) is 5.96 Å². The molecule has 5 heteroatoms. The average molecular weight is 393 g/mol. The molecule has 2 aromatic rings. The lowest BCUT2D eigenvalue weighted by Crippen LogP contribution is -2.38. The zero-order valence-corrected chi connectivity index (χ0v) is 17.6. The van der Waals surface area contributed by atoms with E-state index >= 15 is 0 Å². The summed E-state index contributed by atoms with van der Waals surface area (Å²) in [7, 11) is 1.78. The van der Waals surface area contributed by atoms with Gasteiger partial charge in [-0.3, -0.25) is 9.79 Å². The highest BCUT2D eigenvalue weighted by Gasteiger charge is 2.19. The molecule has 0 aliphatic carbocycles. The summed E-state index contributed by atoms with van der Waals surface area (Å²) in [5.74, 6) is 1.01. The van der Waals surface area contributed by atoms with E-state index in [1.807, 2.05) is 11.0 Å². The molecule has 5 nitrogen and oxygen atoms in total. The van der Waals surface area contributed by atoms with Crippen molar-refractivity contribution in [3.8, 4) is 0 Å². The summed E-state index contributed by atoms with van der Waals surface area (Å²) < 4.78 is 0. The maximum Gasteiger partial charge on any atom is 0.222 e. The molecule has 3 rings (SSSR count). The number of nitrogens with zero attached hydrogens (tertiary/aromatic N) is 2. The van der Waals surface area contributed by atoms with Crippen molar-refractivity contribution in [3.05, 3.63) is 70.8 Å². The van der Waals surface area contributed by atoms with Crippen molar-refractivity contribution in [2.75, 3.05) is 20.1 Å². The third kappa shape index (κ3) is 5.83. The van der Waals surface area contributed by atoms with Gasteiger partial charge in [0.2, 0.25) is 5.91 Å². The van der Waals surface area contributed by atoms with Gasteiger partial charge in [-0.2, -0.15) is 0 Å². The van der Waals surface area contributed by atoms with Crippen molar-refractivity contribution in [1.82, 2.24) is 15.5 Å². The van der Waals surface area contributed by atoms with Gasteiger partial charge in [-0.1, -0.05) is 55.5 Å². The van der Waals surface area contributed by atoms with Crippen LogP contribution in [0.4, 0.5) is 0 Å². The number of hydrogen-bond acceptors (Lipinski definition) is 2. The molecule has 0 saturated carbocycles. The van der Waals surface area contributed by atoms with E-state index < -0.39 is 0 Å². The van der Waals surface area contributed by atoms with E-state index in [0.29, 0.717) is 6.42 Å². The fourth-order valence-corrected chi connectivity index (χ4v) is 3.79. The fourth-order valence-electron chi connectivity index (χ4n) is 3.79. The summed E-state index contributed by atoms with van der Waals surface area (Å²) in [4.78, 5) is 18.8. The lowest BCUT2D eigenvalue weighted by atomic mass is 9.99. The molecule has 0 saturated heterocycles. The van der Waals surface area contributed by atoms with Crippen LogP contribution in [0.1, 0.15) is 42.0 Å². The van der Waals surface area contributed by atoms with Crippen molar-refractivity contribution in [2.45, 2.75) is 45.7 Å². The SMILES string of the molecule is CCc1ccccc1CNC(=NC)NCCCC(=O)N1CCc2ccccc2C1. The maximum absolute atomic E-state index is 12.6. The van der Waals surface area contributed by atoms with Crippen molar-refractivity contribution in [3.63, 3.8) is 0 Å². The molecule has 2 N–H and O–H groups in total.